The van der Waals surface area contributed by atoms with Gasteiger partial charge >= 0.3 is 0 Å². The van der Waals surface area contributed by atoms with Gasteiger partial charge in [0.1, 0.15) is 5.78 Å². The average Bonchev–Trinajstić information content (AvgIpc) is 2.94. The Balaban J connectivity index is 1.88. The summed E-state index contributed by atoms with van der Waals surface area (Å²) >= 11 is 0. The van der Waals surface area contributed by atoms with Crippen LogP contribution in [0, 0.1) is 0 Å². The van der Waals surface area contributed by atoms with E-state index in [2.05, 4.69) is 28.3 Å². The molecule has 1 aliphatic rings. The summed E-state index contributed by atoms with van der Waals surface area (Å²) in [5.74, 6) is 1.38. The van der Waals surface area contributed by atoms with Gasteiger partial charge in [0, 0.05) is 5.92 Å². The minimum Gasteiger partial charge on any atom is -0.339 e. The number of fused-ring (bicyclic) bond motifs is 1. The van der Waals surface area contributed by atoms with Gasteiger partial charge in [0.05, 0.1) is 6.42 Å². The Kier molecular flexibility index (Phi) is 2.70. The van der Waals surface area contributed by atoms with Gasteiger partial charge in [0.15, 0.2) is 5.82 Å². The second kappa shape index (κ2) is 4.37. The summed E-state index contributed by atoms with van der Waals surface area (Å²) in [6.07, 6.45) is 2.29. The van der Waals surface area contributed by atoms with E-state index in [0.29, 0.717) is 11.7 Å². The number of rotatable bonds is 3. The predicted octanol–water partition coefficient (Wildman–Crippen LogP) is 2.28. The maximum Gasteiger partial charge on any atom is 0.234 e. The summed E-state index contributed by atoms with van der Waals surface area (Å²) in [7, 11) is 0. The van der Waals surface area contributed by atoms with Gasteiger partial charge in [-0.05, 0) is 30.9 Å². The Morgan fingerprint density at radius 1 is 1.44 bits per heavy atom. The monoisotopic (exact) mass is 242 g/mol. The maximum absolute atomic E-state index is 11.0. The average molecular weight is 242 g/mol. The Morgan fingerprint density at radius 3 is 3.11 bits per heavy atom. The SMILES string of the molecule is CC(=O)Cc1nc(C2CCc3ccccc32)no1. The first-order valence-electron chi connectivity index (χ1n) is 6.14. The van der Waals surface area contributed by atoms with E-state index >= 15 is 0 Å². The fourth-order valence-electron chi connectivity index (χ4n) is 2.52. The first-order valence-corrected chi connectivity index (χ1v) is 6.14. The first kappa shape index (κ1) is 11.1. The number of hydrogen-bond donors (Lipinski definition) is 0. The molecule has 1 aliphatic carbocycles. The molecular formula is C14H14N2O2. The van der Waals surface area contributed by atoms with Crippen molar-refractivity contribution >= 4 is 5.78 Å². The molecule has 4 heteroatoms. The Hall–Kier alpha value is -1.97. The largest absolute Gasteiger partial charge is 0.339 e. The number of carbonyl (C=O) groups is 1. The van der Waals surface area contributed by atoms with Crippen LogP contribution in [-0.2, 0) is 17.6 Å². The summed E-state index contributed by atoms with van der Waals surface area (Å²) in [6, 6.07) is 8.35. The molecule has 0 radical (unpaired) electrons. The van der Waals surface area contributed by atoms with Gasteiger partial charge in [-0.1, -0.05) is 29.4 Å². The van der Waals surface area contributed by atoms with Crippen LogP contribution in [0.15, 0.2) is 28.8 Å². The number of benzene rings is 1. The van der Waals surface area contributed by atoms with Crippen LogP contribution in [0.25, 0.3) is 0 Å². The van der Waals surface area contributed by atoms with Crippen molar-refractivity contribution in [2.45, 2.75) is 32.1 Å². The molecule has 0 saturated heterocycles. The minimum atomic E-state index is 0.0389. The zero-order valence-electron chi connectivity index (χ0n) is 10.2. The van der Waals surface area contributed by atoms with E-state index < -0.39 is 0 Å². The summed E-state index contributed by atoms with van der Waals surface area (Å²) in [6.45, 7) is 1.52. The van der Waals surface area contributed by atoms with Crippen LogP contribution >= 0.6 is 0 Å². The molecule has 1 aromatic carbocycles. The molecule has 3 rings (SSSR count). The van der Waals surface area contributed by atoms with Crippen molar-refractivity contribution in [1.29, 1.82) is 0 Å². The number of hydrogen-bond acceptors (Lipinski definition) is 4. The number of Topliss-reactive ketones (excluding diaryl/α,β-unsaturated/α-hetero) is 1. The van der Waals surface area contributed by atoms with Crippen LogP contribution < -0.4 is 0 Å². The third-order valence-electron chi connectivity index (χ3n) is 3.33. The van der Waals surface area contributed by atoms with Crippen LogP contribution in [0.5, 0.6) is 0 Å². The molecule has 1 heterocycles. The van der Waals surface area contributed by atoms with Gasteiger partial charge in [0.25, 0.3) is 0 Å². The van der Waals surface area contributed by atoms with Crippen molar-refractivity contribution in [2.75, 3.05) is 0 Å². The van der Waals surface area contributed by atoms with Gasteiger partial charge in [-0.3, -0.25) is 4.79 Å². The fraction of sp³-hybridized carbons (Fsp3) is 0.357. The van der Waals surface area contributed by atoms with E-state index in [4.69, 9.17) is 4.52 Å². The second-order valence-corrected chi connectivity index (χ2v) is 4.72. The van der Waals surface area contributed by atoms with Gasteiger partial charge in [-0.15, -0.1) is 0 Å². The van der Waals surface area contributed by atoms with Crippen LogP contribution in [0.1, 0.15) is 42.1 Å². The van der Waals surface area contributed by atoms with Crippen LogP contribution in [0.2, 0.25) is 0 Å². The van der Waals surface area contributed by atoms with E-state index in [-0.39, 0.29) is 18.1 Å². The van der Waals surface area contributed by atoms with Crippen LogP contribution in [0.4, 0.5) is 0 Å². The lowest BCUT2D eigenvalue weighted by Gasteiger charge is -2.05. The summed E-state index contributed by atoms with van der Waals surface area (Å²) in [5.41, 5.74) is 2.65. The van der Waals surface area contributed by atoms with Gasteiger partial charge in [0.2, 0.25) is 5.89 Å². The van der Waals surface area contributed by atoms with E-state index in [0.717, 1.165) is 12.8 Å². The van der Waals surface area contributed by atoms with Crippen molar-refractivity contribution in [3.8, 4) is 0 Å². The summed E-state index contributed by atoms with van der Waals surface area (Å²) in [5, 5.41) is 4.01. The molecule has 18 heavy (non-hydrogen) atoms. The third kappa shape index (κ3) is 1.94. The quantitative estimate of drug-likeness (QED) is 0.828. The molecule has 92 valence electrons. The fourth-order valence-corrected chi connectivity index (χ4v) is 2.52. The van der Waals surface area contributed by atoms with Crippen LogP contribution in [-0.4, -0.2) is 15.9 Å². The molecule has 1 aromatic heterocycles. The number of ketones is 1. The Bertz CT molecular complexity index is 589. The molecule has 1 atom stereocenters. The smallest absolute Gasteiger partial charge is 0.234 e. The molecule has 4 nitrogen and oxygen atoms in total. The van der Waals surface area contributed by atoms with E-state index in [1.165, 1.54) is 18.1 Å². The highest BCUT2D eigenvalue weighted by atomic mass is 16.5. The topological polar surface area (TPSA) is 56.0 Å². The molecule has 1 unspecified atom stereocenters. The number of carbonyl (C=O) groups excluding carboxylic acids is 1. The number of aryl methyl sites for hydroxylation is 1. The van der Waals surface area contributed by atoms with Gasteiger partial charge < -0.3 is 4.52 Å². The second-order valence-electron chi connectivity index (χ2n) is 4.72. The van der Waals surface area contributed by atoms with E-state index in [1.54, 1.807) is 0 Å². The zero-order chi connectivity index (χ0) is 12.5. The summed E-state index contributed by atoms with van der Waals surface area (Å²) < 4.78 is 5.12. The number of aromatic nitrogens is 2. The van der Waals surface area contributed by atoms with E-state index in [9.17, 15) is 4.79 Å². The van der Waals surface area contributed by atoms with Crippen molar-refractivity contribution in [3.05, 3.63) is 47.1 Å². The highest BCUT2D eigenvalue weighted by Crippen LogP contribution is 2.36. The Morgan fingerprint density at radius 2 is 2.28 bits per heavy atom. The van der Waals surface area contributed by atoms with Crippen molar-refractivity contribution in [1.82, 2.24) is 10.1 Å². The molecule has 0 spiro atoms. The maximum atomic E-state index is 11.0. The molecule has 0 fully saturated rings. The molecule has 0 saturated carbocycles. The van der Waals surface area contributed by atoms with Crippen molar-refractivity contribution in [2.24, 2.45) is 0 Å². The van der Waals surface area contributed by atoms with Crippen molar-refractivity contribution in [3.63, 3.8) is 0 Å². The van der Waals surface area contributed by atoms with E-state index in [1.807, 2.05) is 6.07 Å². The summed E-state index contributed by atoms with van der Waals surface area (Å²) in [4.78, 5) is 15.3. The molecule has 2 aromatic rings. The number of nitrogens with zero attached hydrogens (tertiary/aromatic N) is 2. The third-order valence-corrected chi connectivity index (χ3v) is 3.33. The lowest BCUT2D eigenvalue weighted by molar-refractivity contribution is -0.116. The van der Waals surface area contributed by atoms with Crippen LogP contribution in [0.3, 0.4) is 0 Å². The van der Waals surface area contributed by atoms with Gasteiger partial charge in [-0.2, -0.15) is 4.98 Å². The van der Waals surface area contributed by atoms with Gasteiger partial charge in [-0.25, -0.2) is 0 Å². The molecule has 0 bridgehead atoms. The normalized spacial score (nSPS) is 17.7. The van der Waals surface area contributed by atoms with Crippen molar-refractivity contribution < 1.29 is 9.32 Å². The molecule has 0 N–H and O–H groups in total. The standard InChI is InChI=1S/C14H14N2O2/c1-9(17)8-13-15-14(16-18-13)12-7-6-10-4-2-3-5-11(10)12/h2-5,12H,6-8H2,1H3. The zero-order valence-corrected chi connectivity index (χ0v) is 10.2. The highest BCUT2D eigenvalue weighted by Gasteiger charge is 2.27. The first-order chi connectivity index (χ1) is 8.74. The Labute approximate surface area is 105 Å². The predicted molar refractivity (Wildman–Crippen MR) is 65.3 cm³/mol. The lowest BCUT2D eigenvalue weighted by Crippen LogP contribution is -2.00. The highest BCUT2D eigenvalue weighted by molar-refractivity contribution is 5.77. The molecule has 0 aliphatic heterocycles. The molecular weight excluding hydrogens is 228 g/mol. The minimum absolute atomic E-state index is 0.0389. The molecule has 0 amide bonds. The lowest BCUT2D eigenvalue weighted by atomic mass is 10.0.